The van der Waals surface area contributed by atoms with Crippen LogP contribution >= 0.6 is 11.8 Å². The van der Waals surface area contributed by atoms with Crippen LogP contribution in [0.2, 0.25) is 0 Å². The first-order valence-corrected chi connectivity index (χ1v) is 6.50. The topological polar surface area (TPSA) is 85.8 Å². The Balaban J connectivity index is 2.23. The quantitative estimate of drug-likeness (QED) is 0.637. The molecule has 1 aromatic rings. The molecule has 0 fully saturated rings. The summed E-state index contributed by atoms with van der Waals surface area (Å²) in [6.45, 7) is 1.25. The van der Waals surface area contributed by atoms with Gasteiger partial charge in [0.2, 0.25) is 5.91 Å². The van der Waals surface area contributed by atoms with Gasteiger partial charge in [0.25, 0.3) is 0 Å². The SMILES string of the molecule is CSCCCNC(=O)Cn1cc(CN)nn1. The molecule has 0 aliphatic rings. The highest BCUT2D eigenvalue weighted by atomic mass is 32.2. The van der Waals surface area contributed by atoms with E-state index in [9.17, 15) is 4.79 Å². The lowest BCUT2D eigenvalue weighted by molar-refractivity contribution is -0.121. The first-order chi connectivity index (χ1) is 7.76. The van der Waals surface area contributed by atoms with Gasteiger partial charge in [0.05, 0.1) is 11.9 Å². The number of carbonyl (C=O) groups is 1. The summed E-state index contributed by atoms with van der Waals surface area (Å²) in [5.41, 5.74) is 6.08. The molecule has 1 heterocycles. The number of nitrogens with zero attached hydrogens (tertiary/aromatic N) is 3. The second kappa shape index (κ2) is 7.24. The van der Waals surface area contributed by atoms with Crippen molar-refractivity contribution < 1.29 is 4.79 Å². The molecule has 0 unspecified atom stereocenters. The Kier molecular flexibility index (Phi) is 5.87. The molecule has 1 rings (SSSR count). The smallest absolute Gasteiger partial charge is 0.241 e. The van der Waals surface area contributed by atoms with E-state index in [0.29, 0.717) is 18.8 Å². The van der Waals surface area contributed by atoms with Gasteiger partial charge in [-0.05, 0) is 18.4 Å². The number of hydrogen-bond acceptors (Lipinski definition) is 5. The van der Waals surface area contributed by atoms with Gasteiger partial charge in [0.15, 0.2) is 0 Å². The highest BCUT2D eigenvalue weighted by molar-refractivity contribution is 7.98. The van der Waals surface area contributed by atoms with Gasteiger partial charge in [-0.1, -0.05) is 5.21 Å². The number of rotatable bonds is 7. The molecule has 7 heteroatoms. The molecular formula is C9H17N5OS. The van der Waals surface area contributed by atoms with Crippen molar-refractivity contribution in [3.63, 3.8) is 0 Å². The van der Waals surface area contributed by atoms with Crippen molar-refractivity contribution in [2.45, 2.75) is 19.5 Å². The molecule has 1 aromatic heterocycles. The van der Waals surface area contributed by atoms with Gasteiger partial charge in [-0.15, -0.1) is 5.10 Å². The van der Waals surface area contributed by atoms with Gasteiger partial charge >= 0.3 is 0 Å². The van der Waals surface area contributed by atoms with E-state index in [4.69, 9.17) is 5.73 Å². The Morgan fingerprint density at radius 1 is 1.69 bits per heavy atom. The second-order valence-corrected chi connectivity index (χ2v) is 4.29. The van der Waals surface area contributed by atoms with Crippen LogP contribution in [0.4, 0.5) is 0 Å². The average molecular weight is 243 g/mol. The third kappa shape index (κ3) is 4.63. The monoisotopic (exact) mass is 243 g/mol. The van der Waals surface area contributed by atoms with Crippen LogP contribution in [0.1, 0.15) is 12.1 Å². The van der Waals surface area contributed by atoms with Crippen molar-refractivity contribution in [2.75, 3.05) is 18.6 Å². The van der Waals surface area contributed by atoms with E-state index < -0.39 is 0 Å². The Bertz CT molecular complexity index is 327. The van der Waals surface area contributed by atoms with Gasteiger partial charge < -0.3 is 11.1 Å². The standard InChI is InChI=1S/C9H17N5OS/c1-16-4-2-3-11-9(15)7-14-6-8(5-10)12-13-14/h6H,2-5,7,10H2,1H3,(H,11,15). The van der Waals surface area contributed by atoms with Crippen LogP contribution in [0, 0.1) is 0 Å². The van der Waals surface area contributed by atoms with Crippen molar-refractivity contribution in [1.82, 2.24) is 20.3 Å². The summed E-state index contributed by atoms with van der Waals surface area (Å²) in [5.74, 6) is 1.01. The molecule has 0 aliphatic heterocycles. The summed E-state index contributed by atoms with van der Waals surface area (Å²) in [5, 5.41) is 10.4. The molecular weight excluding hydrogens is 226 g/mol. The minimum absolute atomic E-state index is 0.0467. The van der Waals surface area contributed by atoms with Gasteiger partial charge in [0.1, 0.15) is 6.54 Å². The van der Waals surface area contributed by atoms with Crippen LogP contribution in [0.15, 0.2) is 6.20 Å². The van der Waals surface area contributed by atoms with Gasteiger partial charge in [0, 0.05) is 13.1 Å². The van der Waals surface area contributed by atoms with E-state index in [2.05, 4.69) is 15.6 Å². The normalized spacial score (nSPS) is 10.4. The number of aromatic nitrogens is 3. The molecule has 0 bridgehead atoms. The number of hydrogen-bond donors (Lipinski definition) is 2. The van der Waals surface area contributed by atoms with Crippen molar-refractivity contribution in [3.05, 3.63) is 11.9 Å². The maximum Gasteiger partial charge on any atom is 0.241 e. The predicted octanol–water partition coefficient (Wildman–Crippen LogP) is -0.394. The van der Waals surface area contributed by atoms with Crippen LogP contribution in [0.3, 0.4) is 0 Å². The maximum atomic E-state index is 11.4. The Morgan fingerprint density at radius 3 is 3.12 bits per heavy atom. The van der Waals surface area contributed by atoms with E-state index in [-0.39, 0.29) is 12.5 Å². The highest BCUT2D eigenvalue weighted by Crippen LogP contribution is 1.94. The molecule has 0 spiro atoms. The Labute approximate surface area is 99.0 Å². The van der Waals surface area contributed by atoms with Crippen LogP contribution < -0.4 is 11.1 Å². The molecule has 0 radical (unpaired) electrons. The minimum Gasteiger partial charge on any atom is -0.354 e. The fraction of sp³-hybridized carbons (Fsp3) is 0.667. The van der Waals surface area contributed by atoms with E-state index >= 15 is 0 Å². The third-order valence-electron chi connectivity index (χ3n) is 1.95. The van der Waals surface area contributed by atoms with Crippen LogP contribution in [0.5, 0.6) is 0 Å². The number of nitrogens with one attached hydrogen (secondary N) is 1. The summed E-state index contributed by atoms with van der Waals surface area (Å²) in [6, 6.07) is 0. The van der Waals surface area contributed by atoms with E-state index in [1.54, 1.807) is 18.0 Å². The largest absolute Gasteiger partial charge is 0.354 e. The molecule has 16 heavy (non-hydrogen) atoms. The summed E-state index contributed by atoms with van der Waals surface area (Å²) >= 11 is 1.77. The first kappa shape index (κ1) is 13.0. The van der Waals surface area contributed by atoms with Gasteiger partial charge in [-0.3, -0.25) is 4.79 Å². The zero-order valence-electron chi connectivity index (χ0n) is 9.35. The molecule has 1 amide bonds. The molecule has 0 saturated carbocycles. The zero-order chi connectivity index (χ0) is 11.8. The van der Waals surface area contributed by atoms with E-state index in [1.165, 1.54) is 4.68 Å². The molecule has 0 saturated heterocycles. The van der Waals surface area contributed by atoms with Crippen molar-refractivity contribution in [1.29, 1.82) is 0 Å². The molecule has 0 atom stereocenters. The van der Waals surface area contributed by atoms with Crippen molar-refractivity contribution in [3.8, 4) is 0 Å². The maximum absolute atomic E-state index is 11.4. The Hall–Kier alpha value is -1.08. The van der Waals surface area contributed by atoms with Crippen LogP contribution in [-0.2, 0) is 17.9 Å². The fourth-order valence-electron chi connectivity index (χ4n) is 1.16. The third-order valence-corrected chi connectivity index (χ3v) is 2.65. The molecule has 3 N–H and O–H groups in total. The zero-order valence-corrected chi connectivity index (χ0v) is 10.2. The lowest BCUT2D eigenvalue weighted by atomic mass is 10.4. The summed E-state index contributed by atoms with van der Waals surface area (Å²) < 4.78 is 1.49. The number of amides is 1. The lowest BCUT2D eigenvalue weighted by Crippen LogP contribution is -2.28. The number of carbonyl (C=O) groups excluding carboxylic acids is 1. The molecule has 0 aliphatic carbocycles. The van der Waals surface area contributed by atoms with Crippen LogP contribution in [0.25, 0.3) is 0 Å². The van der Waals surface area contributed by atoms with Gasteiger partial charge in [-0.2, -0.15) is 11.8 Å². The van der Waals surface area contributed by atoms with Gasteiger partial charge in [-0.25, -0.2) is 4.68 Å². The highest BCUT2D eigenvalue weighted by Gasteiger charge is 2.04. The fourth-order valence-corrected chi connectivity index (χ4v) is 1.59. The minimum atomic E-state index is -0.0467. The average Bonchev–Trinajstić information content (AvgIpc) is 2.72. The predicted molar refractivity (Wildman–Crippen MR) is 63.9 cm³/mol. The second-order valence-electron chi connectivity index (χ2n) is 3.31. The summed E-state index contributed by atoms with van der Waals surface area (Å²) in [7, 11) is 0. The summed E-state index contributed by atoms with van der Waals surface area (Å²) in [4.78, 5) is 11.4. The molecule has 90 valence electrons. The van der Waals surface area contributed by atoms with Crippen molar-refractivity contribution >= 4 is 17.7 Å². The van der Waals surface area contributed by atoms with E-state index in [1.807, 2.05) is 6.26 Å². The molecule has 0 aromatic carbocycles. The van der Waals surface area contributed by atoms with Crippen molar-refractivity contribution in [2.24, 2.45) is 5.73 Å². The van der Waals surface area contributed by atoms with Crippen LogP contribution in [-0.4, -0.2) is 39.5 Å². The number of nitrogens with two attached hydrogens (primary N) is 1. The first-order valence-electron chi connectivity index (χ1n) is 5.11. The lowest BCUT2D eigenvalue weighted by Gasteiger charge is -2.03. The van der Waals surface area contributed by atoms with E-state index in [0.717, 1.165) is 12.2 Å². The number of thioether (sulfide) groups is 1. The molecule has 6 nitrogen and oxygen atoms in total. The summed E-state index contributed by atoms with van der Waals surface area (Å²) in [6.07, 6.45) is 4.71. The Morgan fingerprint density at radius 2 is 2.50 bits per heavy atom.